The molecule has 146 valence electrons. The molecule has 0 unspecified atom stereocenters. The summed E-state index contributed by atoms with van der Waals surface area (Å²) >= 11 is 6.32. The van der Waals surface area contributed by atoms with Gasteiger partial charge in [0.15, 0.2) is 0 Å². The first kappa shape index (κ1) is 21.4. The minimum absolute atomic E-state index is 0.145. The van der Waals surface area contributed by atoms with Gasteiger partial charge in [0.1, 0.15) is 0 Å². The van der Waals surface area contributed by atoms with Crippen molar-refractivity contribution in [1.29, 1.82) is 0 Å². The van der Waals surface area contributed by atoms with E-state index in [4.69, 9.17) is 4.98 Å². The molecule has 5 aromatic rings. The first-order valence-electron chi connectivity index (χ1n) is 9.40. The number of hydrogen-bond donors (Lipinski definition) is 0. The Morgan fingerprint density at radius 2 is 1.27 bits per heavy atom. The van der Waals surface area contributed by atoms with Crippen molar-refractivity contribution in [2.24, 2.45) is 4.99 Å². The Kier molecular flexibility index (Phi) is 7.48. The van der Waals surface area contributed by atoms with Gasteiger partial charge in [0.25, 0.3) is 0 Å². The van der Waals surface area contributed by atoms with E-state index < -0.39 is 0 Å². The molecule has 1 aromatic heterocycles. The number of halogens is 2. The number of para-hydroxylation sites is 1. The summed E-state index contributed by atoms with van der Waals surface area (Å²) in [6.45, 7) is 0. The van der Waals surface area contributed by atoms with E-state index in [1.165, 1.54) is 27.1 Å². The van der Waals surface area contributed by atoms with Gasteiger partial charge in [-0.15, -0.1) is 11.4 Å². The molecule has 5 heteroatoms. The van der Waals surface area contributed by atoms with Crippen LogP contribution in [0.25, 0.3) is 32.8 Å². The van der Waals surface area contributed by atoms with Crippen LogP contribution in [0.15, 0.2) is 102 Å². The van der Waals surface area contributed by atoms with Crippen LogP contribution in [0.1, 0.15) is 5.69 Å². The molecule has 0 bridgehead atoms. The number of hydrogen-bond acceptors (Lipinski definition) is 1. The van der Waals surface area contributed by atoms with Crippen LogP contribution in [0.3, 0.4) is 0 Å². The number of aromatic nitrogens is 1. The molecule has 30 heavy (non-hydrogen) atoms. The SMILES string of the molecule is C(=Nc1ccccc1)c1ccc(-c2c3ccccc3cc3ccccc23)[n-]1.[Br][Zr][Br]. The molecule has 0 radical (unpaired) electrons. The normalized spacial score (nSPS) is 10.9. The van der Waals surface area contributed by atoms with Crippen LogP contribution in [0.2, 0.25) is 0 Å². The average molecular weight is 596 g/mol. The number of benzene rings is 4. The molecular weight excluding hydrogens is 579 g/mol. The van der Waals surface area contributed by atoms with E-state index in [-0.39, 0.29) is 18.5 Å². The van der Waals surface area contributed by atoms with Gasteiger partial charge in [-0.3, -0.25) is 4.99 Å². The summed E-state index contributed by atoms with van der Waals surface area (Å²) in [5.41, 5.74) is 3.96. The average Bonchev–Trinajstić information content (AvgIpc) is 3.26. The third-order valence-electron chi connectivity index (χ3n) is 4.79. The Bertz CT molecular complexity index is 1240. The standard InChI is InChI=1S/C25H17N2.2BrH.Zr/c1-2-10-20(11-3-1)26-17-21-14-15-24(27-21)25-22-12-6-4-8-18(22)16-19-9-5-7-13-23(19)25;;;/h1-17H;2*1H;/q-1;;;+2/p-2. The monoisotopic (exact) mass is 593 g/mol. The van der Waals surface area contributed by atoms with Crippen molar-refractivity contribution in [2.75, 3.05) is 0 Å². The van der Waals surface area contributed by atoms with Crippen molar-refractivity contribution in [3.8, 4) is 11.3 Å². The first-order valence-corrected chi connectivity index (χ1v) is 20.6. The van der Waals surface area contributed by atoms with Crippen molar-refractivity contribution < 1.29 is 18.5 Å². The van der Waals surface area contributed by atoms with E-state index in [2.05, 4.69) is 90.1 Å². The number of rotatable bonds is 3. The molecule has 0 N–H and O–H groups in total. The Morgan fingerprint density at radius 3 is 1.90 bits per heavy atom. The zero-order valence-electron chi connectivity index (χ0n) is 16.0. The summed E-state index contributed by atoms with van der Waals surface area (Å²) in [5, 5.41) is 4.91. The Labute approximate surface area is 198 Å². The Hall–Kier alpha value is -1.81. The van der Waals surface area contributed by atoms with E-state index in [9.17, 15) is 0 Å². The molecule has 4 aromatic carbocycles. The van der Waals surface area contributed by atoms with Crippen LogP contribution in [0.5, 0.6) is 0 Å². The molecule has 0 aliphatic heterocycles. The summed E-state index contributed by atoms with van der Waals surface area (Å²) < 4.78 is 0. The molecule has 0 saturated carbocycles. The summed E-state index contributed by atoms with van der Waals surface area (Å²) in [6.07, 6.45) is 1.83. The van der Waals surface area contributed by atoms with Crippen LogP contribution in [-0.4, -0.2) is 6.21 Å². The molecule has 2 nitrogen and oxygen atoms in total. The van der Waals surface area contributed by atoms with Crippen molar-refractivity contribution >= 4 is 57.9 Å². The topological polar surface area (TPSA) is 26.5 Å². The molecule has 0 saturated heterocycles. The van der Waals surface area contributed by atoms with Crippen LogP contribution in [0, 0.1) is 0 Å². The van der Waals surface area contributed by atoms with Crippen molar-refractivity contribution in [2.45, 2.75) is 0 Å². The van der Waals surface area contributed by atoms with Gasteiger partial charge in [0.05, 0.1) is 5.69 Å². The van der Waals surface area contributed by atoms with Gasteiger partial charge >= 0.3 is 43.0 Å². The Morgan fingerprint density at radius 1 is 0.700 bits per heavy atom. The van der Waals surface area contributed by atoms with Gasteiger partial charge in [-0.2, -0.15) is 0 Å². The summed E-state index contributed by atoms with van der Waals surface area (Å²) in [4.78, 5) is 9.37. The number of fused-ring (bicyclic) bond motifs is 2. The fraction of sp³-hybridized carbons (Fsp3) is 0. The molecule has 5 rings (SSSR count). The summed E-state index contributed by atoms with van der Waals surface area (Å²) in [5.74, 6) is 0. The van der Waals surface area contributed by atoms with Crippen molar-refractivity contribution in [3.63, 3.8) is 0 Å². The number of aliphatic imine (C=N–C) groups is 1. The fourth-order valence-electron chi connectivity index (χ4n) is 3.53. The molecule has 0 aliphatic rings. The van der Waals surface area contributed by atoms with E-state index >= 15 is 0 Å². The van der Waals surface area contributed by atoms with Crippen molar-refractivity contribution in [3.05, 3.63) is 103 Å². The van der Waals surface area contributed by atoms with E-state index in [1.54, 1.807) is 0 Å². The third-order valence-corrected chi connectivity index (χ3v) is 4.79. The predicted molar refractivity (Wildman–Crippen MR) is 132 cm³/mol. The van der Waals surface area contributed by atoms with Gasteiger partial charge in [-0.25, -0.2) is 0 Å². The molecule has 1 heterocycles. The zero-order valence-corrected chi connectivity index (χ0v) is 21.6. The second-order valence-electron chi connectivity index (χ2n) is 6.61. The van der Waals surface area contributed by atoms with Crippen LogP contribution in [-0.2, 0) is 18.5 Å². The fourth-order valence-corrected chi connectivity index (χ4v) is 3.53. The van der Waals surface area contributed by atoms with Gasteiger partial charge < -0.3 is 4.98 Å². The number of nitrogens with zero attached hydrogens (tertiary/aromatic N) is 2. The van der Waals surface area contributed by atoms with Crippen LogP contribution in [0.4, 0.5) is 5.69 Å². The second-order valence-corrected chi connectivity index (χ2v) is 18.0. The second kappa shape index (κ2) is 10.5. The molecule has 0 spiro atoms. The first-order chi connectivity index (χ1) is 14.8. The third kappa shape index (κ3) is 4.91. The predicted octanol–water partition coefficient (Wildman–Crippen LogP) is 8.06. The zero-order chi connectivity index (χ0) is 20.8. The molecule has 0 atom stereocenters. The molecule has 0 aliphatic carbocycles. The Balaban J connectivity index is 0.000000687. The van der Waals surface area contributed by atoms with Crippen LogP contribution >= 0.6 is 24.4 Å². The maximum absolute atomic E-state index is 4.85. The molecular formula is C25H17Br2N2Zr-. The quantitative estimate of drug-likeness (QED) is 0.153. The van der Waals surface area contributed by atoms with E-state index in [1.807, 2.05) is 42.6 Å². The molecule has 0 amide bonds. The van der Waals surface area contributed by atoms with Crippen LogP contribution < -0.4 is 4.98 Å². The van der Waals surface area contributed by atoms with Crippen molar-refractivity contribution in [1.82, 2.24) is 4.98 Å². The van der Waals surface area contributed by atoms with Gasteiger partial charge in [0.2, 0.25) is 0 Å². The summed E-state index contributed by atoms with van der Waals surface area (Å²) in [7, 11) is 0. The maximum atomic E-state index is 4.85. The van der Waals surface area contributed by atoms with Gasteiger partial charge in [-0.05, 0) is 45.3 Å². The van der Waals surface area contributed by atoms with Gasteiger partial charge in [-0.1, -0.05) is 78.9 Å². The minimum atomic E-state index is -0.145. The van der Waals surface area contributed by atoms with E-state index in [0.29, 0.717) is 0 Å². The summed E-state index contributed by atoms with van der Waals surface area (Å²) in [6, 6.07) is 33.3. The molecule has 0 fully saturated rings. The van der Waals surface area contributed by atoms with Gasteiger partial charge in [0, 0.05) is 6.21 Å². The van der Waals surface area contributed by atoms with E-state index in [0.717, 1.165) is 17.1 Å².